The first-order chi connectivity index (χ1) is 12.3. The van der Waals surface area contributed by atoms with Crippen molar-refractivity contribution in [2.24, 2.45) is 0 Å². The van der Waals surface area contributed by atoms with E-state index in [9.17, 15) is 0 Å². The molecule has 3 aromatic rings. The van der Waals surface area contributed by atoms with Crippen LogP contribution in [-0.4, -0.2) is 4.57 Å². The molecule has 4 heteroatoms. The van der Waals surface area contributed by atoms with Crippen molar-refractivity contribution in [3.8, 4) is 0 Å². The van der Waals surface area contributed by atoms with Crippen LogP contribution in [0.15, 0.2) is 85.2 Å². The Balaban J connectivity index is 0.00000105. The van der Waals surface area contributed by atoms with Gasteiger partial charge < -0.3 is 24.8 Å². The van der Waals surface area contributed by atoms with Crippen LogP contribution in [0.1, 0.15) is 30.5 Å². The minimum absolute atomic E-state index is 0. The summed E-state index contributed by atoms with van der Waals surface area (Å²) < 4.78 is 5.84. The van der Waals surface area contributed by atoms with Gasteiger partial charge in [-0.2, -0.15) is 0 Å². The molecule has 0 spiro atoms. The number of nitrogens with zero attached hydrogens (tertiary/aromatic N) is 1. The van der Waals surface area contributed by atoms with Gasteiger partial charge in [-0.1, -0.05) is 0 Å². The van der Waals surface area contributed by atoms with Gasteiger partial charge in [0.25, 0.3) is 0 Å². The molecule has 27 heavy (non-hydrogen) atoms. The van der Waals surface area contributed by atoms with E-state index in [0.717, 1.165) is 0 Å². The summed E-state index contributed by atoms with van der Waals surface area (Å²) in [5, 5.41) is 2.66. The van der Waals surface area contributed by atoms with Gasteiger partial charge in [-0.3, -0.25) is 0 Å². The molecule has 2 aromatic carbocycles. The fourth-order valence-corrected chi connectivity index (χ4v) is 7.65. The second-order valence-electron chi connectivity index (χ2n) is 6.86. The summed E-state index contributed by atoms with van der Waals surface area (Å²) in [5.41, 5.74) is 4.38. The number of aromatic nitrogens is 1. The maximum absolute atomic E-state index is 2.48. The summed E-state index contributed by atoms with van der Waals surface area (Å²) in [6.07, 6.45) is 12.9. The average molecular weight is 472 g/mol. The van der Waals surface area contributed by atoms with E-state index in [-0.39, 0.29) is 24.8 Å². The summed E-state index contributed by atoms with van der Waals surface area (Å²) in [4.78, 5) is 0. The molecule has 2 aliphatic rings. The first-order valence-electron chi connectivity index (χ1n) is 8.80. The normalized spacial score (nSPS) is 17.2. The number of allylic oxidation sites excluding steroid dienone is 5. The second kappa shape index (κ2) is 8.35. The van der Waals surface area contributed by atoms with Crippen molar-refractivity contribution in [1.82, 2.24) is 4.57 Å². The Morgan fingerprint density at radius 1 is 0.926 bits per heavy atom. The molecule has 0 fully saturated rings. The Morgan fingerprint density at radius 3 is 2.26 bits per heavy atom. The van der Waals surface area contributed by atoms with Gasteiger partial charge in [0.2, 0.25) is 0 Å². The molecule has 0 N–H and O–H groups in total. The van der Waals surface area contributed by atoms with Gasteiger partial charge in [-0.25, -0.2) is 0 Å². The zero-order valence-electron chi connectivity index (χ0n) is 15.0. The third-order valence-electron chi connectivity index (χ3n) is 5.23. The Hall–Kier alpha value is -1.34. The molecule has 1 unspecified atom stereocenters. The molecule has 1 aromatic heterocycles. The molecular weight excluding hydrogens is 452 g/mol. The van der Waals surface area contributed by atoms with Crippen LogP contribution in [0.5, 0.6) is 0 Å². The van der Waals surface area contributed by atoms with Gasteiger partial charge >= 0.3 is 160 Å². The largest absolute Gasteiger partial charge is 1.00 e. The van der Waals surface area contributed by atoms with Crippen LogP contribution < -0.4 is 24.8 Å². The van der Waals surface area contributed by atoms with E-state index in [0.29, 0.717) is 6.04 Å². The van der Waals surface area contributed by atoms with Gasteiger partial charge in [0, 0.05) is 0 Å². The molecule has 0 radical (unpaired) electrons. The van der Waals surface area contributed by atoms with Crippen molar-refractivity contribution in [3.05, 3.63) is 96.3 Å². The zero-order chi connectivity index (χ0) is 16.8. The summed E-state index contributed by atoms with van der Waals surface area (Å²) in [5.74, 6) is 0. The van der Waals surface area contributed by atoms with E-state index in [1.807, 2.05) is 0 Å². The van der Waals surface area contributed by atoms with Crippen molar-refractivity contribution in [1.29, 1.82) is 0 Å². The number of rotatable bonds is 3. The van der Waals surface area contributed by atoms with Crippen LogP contribution in [-0.2, 0) is 23.2 Å². The van der Waals surface area contributed by atoms with E-state index < -0.39 is 23.2 Å². The molecular formula is C23H19Cl2NZr. The molecule has 1 nitrogen and oxygen atoms in total. The topological polar surface area (TPSA) is 4.93 Å². The summed E-state index contributed by atoms with van der Waals surface area (Å²) in [6, 6.07) is 18.0. The quantitative estimate of drug-likeness (QED) is 0.504. The van der Waals surface area contributed by atoms with Crippen LogP contribution in [0.4, 0.5) is 0 Å². The van der Waals surface area contributed by atoms with Crippen LogP contribution >= 0.6 is 0 Å². The monoisotopic (exact) mass is 469 g/mol. The fraction of sp³-hybridized carbons (Fsp3) is 0.130. The minimum atomic E-state index is -0.748. The molecule has 0 aliphatic heterocycles. The van der Waals surface area contributed by atoms with Crippen molar-refractivity contribution < 1.29 is 48.0 Å². The first kappa shape index (κ1) is 20.4. The molecule has 0 amide bonds. The van der Waals surface area contributed by atoms with E-state index in [1.165, 1.54) is 33.9 Å². The Morgan fingerprint density at radius 2 is 1.59 bits per heavy atom. The number of benzene rings is 2. The van der Waals surface area contributed by atoms with E-state index in [2.05, 4.69) is 90.6 Å². The number of fused-ring (bicyclic) bond motifs is 2. The number of hydrogen-bond donors (Lipinski definition) is 0. The Bertz CT molecular complexity index is 1040. The first-order valence-corrected chi connectivity index (χ1v) is 11.3. The van der Waals surface area contributed by atoms with Crippen LogP contribution in [0.3, 0.4) is 0 Å². The van der Waals surface area contributed by atoms with Gasteiger partial charge in [0.05, 0.1) is 0 Å². The molecule has 2 aliphatic carbocycles. The van der Waals surface area contributed by atoms with Crippen molar-refractivity contribution in [2.75, 3.05) is 0 Å². The maximum Gasteiger partial charge on any atom is -1.00 e. The Labute approximate surface area is 184 Å². The summed E-state index contributed by atoms with van der Waals surface area (Å²) in [7, 11) is 0. The van der Waals surface area contributed by atoms with Gasteiger partial charge in [0.1, 0.15) is 0 Å². The van der Waals surface area contributed by atoms with E-state index in [4.69, 9.17) is 0 Å². The van der Waals surface area contributed by atoms with Crippen molar-refractivity contribution >= 4 is 16.8 Å². The zero-order valence-corrected chi connectivity index (χ0v) is 19.0. The second-order valence-corrected chi connectivity index (χ2v) is 10.4. The third-order valence-corrected chi connectivity index (χ3v) is 9.18. The molecule has 1 atom stereocenters. The van der Waals surface area contributed by atoms with Crippen LogP contribution in [0.25, 0.3) is 16.8 Å². The molecule has 134 valence electrons. The molecule has 0 bridgehead atoms. The summed E-state index contributed by atoms with van der Waals surface area (Å²) in [6.45, 7) is 2.28. The predicted molar refractivity (Wildman–Crippen MR) is 101 cm³/mol. The number of halogens is 2. The maximum atomic E-state index is 2.48. The SMILES string of the molecule is CC1=[C]([Zr+2][C]2=Cc3ccccc3C2n2cc3ccccc3c2)CC=C1.[Cl-].[Cl-]. The molecule has 0 saturated heterocycles. The average Bonchev–Trinajstić information content (AvgIpc) is 3.31. The van der Waals surface area contributed by atoms with E-state index in [1.54, 1.807) is 6.56 Å². The van der Waals surface area contributed by atoms with Crippen LogP contribution in [0.2, 0.25) is 0 Å². The molecule has 5 rings (SSSR count). The Kier molecular flexibility index (Phi) is 6.31. The molecule has 1 heterocycles. The third kappa shape index (κ3) is 3.68. The van der Waals surface area contributed by atoms with Gasteiger partial charge in [-0.05, 0) is 0 Å². The minimum Gasteiger partial charge on any atom is -1.00 e. The fourth-order valence-electron chi connectivity index (χ4n) is 3.92. The van der Waals surface area contributed by atoms with Gasteiger partial charge in [0.15, 0.2) is 0 Å². The molecule has 0 saturated carbocycles. The predicted octanol–water partition coefficient (Wildman–Crippen LogP) is -0.0904. The smallest absolute Gasteiger partial charge is 1.00 e. The van der Waals surface area contributed by atoms with Crippen LogP contribution in [0, 0.1) is 0 Å². The van der Waals surface area contributed by atoms with Crippen molar-refractivity contribution in [2.45, 2.75) is 19.4 Å². The number of hydrogen-bond acceptors (Lipinski definition) is 0. The van der Waals surface area contributed by atoms with E-state index >= 15 is 0 Å². The van der Waals surface area contributed by atoms with Crippen molar-refractivity contribution in [3.63, 3.8) is 0 Å². The summed E-state index contributed by atoms with van der Waals surface area (Å²) >= 11 is -0.748. The standard InChI is InChI=1S/C17H12N.C6H7.2ClH.Zr/c1-2-7-15-12-18(11-14(15)6-1)17-10-9-13-5-3-4-8-16(13)17;1-6-4-2-3-5-6;;;/h1-9,11-12,17H;2,4H,3H2,1H3;2*1H;/q;;;;+2/p-2. The van der Waals surface area contributed by atoms with Gasteiger partial charge in [-0.15, -0.1) is 0 Å².